The van der Waals surface area contributed by atoms with Crippen molar-refractivity contribution in [2.24, 2.45) is 0 Å². The third-order valence-electron chi connectivity index (χ3n) is 2.39. The molecule has 1 aromatic rings. The zero-order chi connectivity index (χ0) is 12.8. The number of carbonyl (C=O) groups is 1. The minimum absolute atomic E-state index is 0.0519. The third-order valence-corrected chi connectivity index (χ3v) is 3.48. The summed E-state index contributed by atoms with van der Waals surface area (Å²) >= 11 is 15.0. The maximum atomic E-state index is 12.2. The zero-order valence-corrected chi connectivity index (χ0v) is 12.6. The van der Waals surface area contributed by atoms with Gasteiger partial charge in [-0.25, -0.2) is 0 Å². The fraction of sp³-hybridized carbons (Fsp3) is 0.417. The van der Waals surface area contributed by atoms with E-state index >= 15 is 0 Å². The highest BCUT2D eigenvalue weighted by atomic mass is 79.9. The van der Waals surface area contributed by atoms with Crippen LogP contribution in [-0.2, 0) is 0 Å². The predicted octanol–water partition coefficient (Wildman–Crippen LogP) is 4.19. The van der Waals surface area contributed by atoms with Gasteiger partial charge in [-0.3, -0.25) is 4.79 Å². The Bertz CT molecular complexity index is 398. The molecule has 0 spiro atoms. The highest BCUT2D eigenvalue weighted by Gasteiger charge is 2.16. The van der Waals surface area contributed by atoms with E-state index in [0.717, 1.165) is 10.9 Å². The quantitative estimate of drug-likeness (QED) is 0.737. The van der Waals surface area contributed by atoms with Gasteiger partial charge in [-0.15, -0.1) is 11.6 Å². The van der Waals surface area contributed by atoms with Crippen LogP contribution >= 0.6 is 39.1 Å². The van der Waals surface area contributed by atoms with Crippen LogP contribution in [0.3, 0.4) is 0 Å². The molecule has 1 amide bonds. The summed E-state index contributed by atoms with van der Waals surface area (Å²) < 4.78 is 0.846. The Hall–Kier alpha value is -0.250. The fourth-order valence-electron chi connectivity index (χ4n) is 1.49. The van der Waals surface area contributed by atoms with Gasteiger partial charge in [0.25, 0.3) is 5.91 Å². The van der Waals surface area contributed by atoms with Crippen molar-refractivity contribution in [1.29, 1.82) is 0 Å². The minimum atomic E-state index is -0.0519. The third kappa shape index (κ3) is 4.16. The molecule has 0 aliphatic heterocycles. The summed E-state index contributed by atoms with van der Waals surface area (Å²) in [5.74, 6) is 0.500. The van der Waals surface area contributed by atoms with Gasteiger partial charge >= 0.3 is 0 Å². The summed E-state index contributed by atoms with van der Waals surface area (Å²) in [6.45, 7) is 3.25. The average molecular weight is 339 g/mol. The molecule has 0 unspecified atom stereocenters. The van der Waals surface area contributed by atoms with Crippen molar-refractivity contribution in [3.8, 4) is 0 Å². The summed E-state index contributed by atoms with van der Waals surface area (Å²) in [6.07, 6.45) is 0.784. The number of hydrogen-bond donors (Lipinski definition) is 0. The molecule has 5 heteroatoms. The lowest BCUT2D eigenvalue weighted by Gasteiger charge is -2.21. The first-order valence-electron chi connectivity index (χ1n) is 5.40. The maximum absolute atomic E-state index is 12.2. The zero-order valence-electron chi connectivity index (χ0n) is 9.55. The van der Waals surface area contributed by atoms with Crippen LogP contribution in [0.5, 0.6) is 0 Å². The van der Waals surface area contributed by atoms with Gasteiger partial charge < -0.3 is 4.90 Å². The standard InChI is InChI=1S/C12H14BrCl2NO/c1-2-16(7-3-6-14)12(17)10-8-9(13)4-5-11(10)15/h4-5,8H,2-3,6-7H2,1H3. The van der Waals surface area contributed by atoms with Crippen LogP contribution < -0.4 is 0 Å². The van der Waals surface area contributed by atoms with E-state index in [4.69, 9.17) is 23.2 Å². The minimum Gasteiger partial charge on any atom is -0.339 e. The topological polar surface area (TPSA) is 20.3 Å². The van der Waals surface area contributed by atoms with Crippen molar-refractivity contribution in [2.75, 3.05) is 19.0 Å². The second kappa shape index (κ2) is 7.24. The number of nitrogens with zero attached hydrogens (tertiary/aromatic N) is 1. The molecular formula is C12H14BrCl2NO. The van der Waals surface area contributed by atoms with Crippen molar-refractivity contribution >= 4 is 45.0 Å². The normalized spacial score (nSPS) is 10.4. The van der Waals surface area contributed by atoms with Gasteiger partial charge in [0.1, 0.15) is 0 Å². The van der Waals surface area contributed by atoms with Crippen LogP contribution in [0.1, 0.15) is 23.7 Å². The van der Waals surface area contributed by atoms with Crippen molar-refractivity contribution in [1.82, 2.24) is 4.90 Å². The monoisotopic (exact) mass is 337 g/mol. The van der Waals surface area contributed by atoms with E-state index in [0.29, 0.717) is 29.6 Å². The Labute approximate surface area is 120 Å². The molecule has 0 aromatic heterocycles. The van der Waals surface area contributed by atoms with Crippen LogP contribution in [0.4, 0.5) is 0 Å². The van der Waals surface area contributed by atoms with Crippen molar-refractivity contribution < 1.29 is 4.79 Å². The molecule has 1 aromatic carbocycles. The largest absolute Gasteiger partial charge is 0.339 e. The van der Waals surface area contributed by atoms with Crippen molar-refractivity contribution in [2.45, 2.75) is 13.3 Å². The van der Waals surface area contributed by atoms with Gasteiger partial charge in [0.05, 0.1) is 10.6 Å². The summed E-state index contributed by atoms with van der Waals surface area (Å²) in [7, 11) is 0. The predicted molar refractivity (Wildman–Crippen MR) is 76.1 cm³/mol. The van der Waals surface area contributed by atoms with Crippen molar-refractivity contribution in [3.63, 3.8) is 0 Å². The molecule has 0 saturated carbocycles. The van der Waals surface area contributed by atoms with Crippen LogP contribution in [-0.4, -0.2) is 29.8 Å². The lowest BCUT2D eigenvalue weighted by Crippen LogP contribution is -2.32. The number of alkyl halides is 1. The summed E-state index contributed by atoms with van der Waals surface area (Å²) in [4.78, 5) is 14.0. The second-order valence-electron chi connectivity index (χ2n) is 3.55. The molecule has 2 nitrogen and oxygen atoms in total. The van der Waals surface area contributed by atoms with E-state index in [9.17, 15) is 4.79 Å². The first-order valence-corrected chi connectivity index (χ1v) is 7.11. The number of carbonyl (C=O) groups excluding carboxylic acids is 1. The van der Waals surface area contributed by atoms with Gasteiger partial charge in [0, 0.05) is 23.4 Å². The Balaban J connectivity index is 2.89. The molecule has 0 bridgehead atoms. The number of rotatable bonds is 5. The molecule has 1 rings (SSSR count). The molecule has 0 heterocycles. The highest BCUT2D eigenvalue weighted by Crippen LogP contribution is 2.22. The Morgan fingerprint density at radius 1 is 1.47 bits per heavy atom. The molecule has 94 valence electrons. The van der Waals surface area contributed by atoms with E-state index in [1.54, 1.807) is 17.0 Å². The lowest BCUT2D eigenvalue weighted by molar-refractivity contribution is 0.0765. The highest BCUT2D eigenvalue weighted by molar-refractivity contribution is 9.10. The Morgan fingerprint density at radius 3 is 2.76 bits per heavy atom. The van der Waals surface area contributed by atoms with Crippen molar-refractivity contribution in [3.05, 3.63) is 33.3 Å². The van der Waals surface area contributed by atoms with Gasteiger partial charge in [-0.2, -0.15) is 0 Å². The van der Waals surface area contributed by atoms with E-state index in [-0.39, 0.29) is 5.91 Å². The van der Waals surface area contributed by atoms with E-state index in [1.807, 2.05) is 13.0 Å². The summed E-state index contributed by atoms with van der Waals surface area (Å²) in [6, 6.07) is 5.27. The first-order chi connectivity index (χ1) is 8.10. The lowest BCUT2D eigenvalue weighted by atomic mass is 10.2. The molecule has 0 aliphatic carbocycles. The van der Waals surface area contributed by atoms with Crippen LogP contribution in [0.25, 0.3) is 0 Å². The van der Waals surface area contributed by atoms with Crippen LogP contribution in [0, 0.1) is 0 Å². The molecule has 0 N–H and O–H groups in total. The van der Waals surface area contributed by atoms with Gasteiger partial charge in [-0.05, 0) is 31.5 Å². The van der Waals surface area contributed by atoms with E-state index in [2.05, 4.69) is 15.9 Å². The fourth-order valence-corrected chi connectivity index (χ4v) is 2.16. The maximum Gasteiger partial charge on any atom is 0.255 e. The summed E-state index contributed by atoms with van der Waals surface area (Å²) in [5.41, 5.74) is 0.525. The average Bonchev–Trinajstić information content (AvgIpc) is 2.33. The summed E-state index contributed by atoms with van der Waals surface area (Å²) in [5, 5.41) is 0.475. The molecule has 17 heavy (non-hydrogen) atoms. The molecule has 0 radical (unpaired) electrons. The van der Waals surface area contributed by atoms with E-state index in [1.165, 1.54) is 0 Å². The molecule has 0 atom stereocenters. The van der Waals surface area contributed by atoms with Gasteiger partial charge in [0.2, 0.25) is 0 Å². The number of hydrogen-bond acceptors (Lipinski definition) is 1. The SMILES string of the molecule is CCN(CCCCl)C(=O)c1cc(Br)ccc1Cl. The molecular weight excluding hydrogens is 325 g/mol. The van der Waals surface area contributed by atoms with Crippen LogP contribution in [0.2, 0.25) is 5.02 Å². The Kier molecular flexibility index (Phi) is 6.31. The van der Waals surface area contributed by atoms with Crippen LogP contribution in [0.15, 0.2) is 22.7 Å². The first kappa shape index (κ1) is 14.8. The molecule has 0 saturated heterocycles. The number of amides is 1. The Morgan fingerprint density at radius 2 is 2.18 bits per heavy atom. The number of benzene rings is 1. The molecule has 0 fully saturated rings. The van der Waals surface area contributed by atoms with Gasteiger partial charge in [-0.1, -0.05) is 27.5 Å². The number of halogens is 3. The smallest absolute Gasteiger partial charge is 0.255 e. The molecule has 0 aliphatic rings. The second-order valence-corrected chi connectivity index (χ2v) is 5.25. The van der Waals surface area contributed by atoms with E-state index < -0.39 is 0 Å². The van der Waals surface area contributed by atoms with Gasteiger partial charge in [0.15, 0.2) is 0 Å².